The molecule has 0 spiro atoms. The van der Waals surface area contributed by atoms with Gasteiger partial charge in [0.15, 0.2) is 5.69 Å². The van der Waals surface area contributed by atoms with Gasteiger partial charge in [-0.3, -0.25) is 4.98 Å². The molecule has 0 aromatic carbocycles. The van der Waals surface area contributed by atoms with Crippen LogP contribution < -0.4 is 0 Å². The molecule has 1 aromatic rings. The normalized spacial score (nSPS) is 11.2. The van der Waals surface area contributed by atoms with Gasteiger partial charge in [-0.2, -0.15) is 13.2 Å². The zero-order valence-electron chi connectivity index (χ0n) is 5.97. The summed E-state index contributed by atoms with van der Waals surface area (Å²) in [6.45, 7) is 3.34. The molecule has 0 radical (unpaired) electrons. The summed E-state index contributed by atoms with van der Waals surface area (Å²) in [4.78, 5) is 6.63. The van der Waals surface area contributed by atoms with E-state index in [2.05, 4.69) is 16.5 Å². The second-order valence-electron chi connectivity index (χ2n) is 2.03. The summed E-state index contributed by atoms with van der Waals surface area (Å²) < 4.78 is 35.7. The van der Waals surface area contributed by atoms with E-state index < -0.39 is 11.9 Å². The first kappa shape index (κ1) is 8.70. The maximum absolute atomic E-state index is 11.9. The van der Waals surface area contributed by atoms with E-state index in [4.69, 9.17) is 0 Å². The van der Waals surface area contributed by atoms with Crippen LogP contribution in [0.1, 0.15) is 11.4 Å². The monoisotopic (exact) mass is 174 g/mol. The van der Waals surface area contributed by atoms with Gasteiger partial charge >= 0.3 is 6.18 Å². The first-order valence-corrected chi connectivity index (χ1v) is 3.05. The molecule has 0 saturated heterocycles. The van der Waals surface area contributed by atoms with Crippen LogP contribution in [0.3, 0.4) is 0 Å². The van der Waals surface area contributed by atoms with Crippen LogP contribution >= 0.6 is 0 Å². The molecule has 0 N–H and O–H groups in total. The van der Waals surface area contributed by atoms with Gasteiger partial charge in [0.05, 0.1) is 18.1 Å². The van der Waals surface area contributed by atoms with Crippen LogP contribution in [0.5, 0.6) is 0 Å². The Morgan fingerprint density at radius 1 is 1.25 bits per heavy atom. The van der Waals surface area contributed by atoms with Crippen molar-refractivity contribution in [3.05, 3.63) is 30.4 Å². The quantitative estimate of drug-likeness (QED) is 0.651. The van der Waals surface area contributed by atoms with Crippen molar-refractivity contribution < 1.29 is 13.2 Å². The molecule has 1 aromatic heterocycles. The molecule has 0 aliphatic carbocycles. The number of rotatable bonds is 1. The first-order valence-electron chi connectivity index (χ1n) is 3.05. The molecule has 0 saturated carbocycles. The van der Waals surface area contributed by atoms with Crippen LogP contribution in [0.4, 0.5) is 13.2 Å². The molecule has 0 bridgehead atoms. The number of alkyl halides is 3. The lowest BCUT2D eigenvalue weighted by Gasteiger charge is -2.03. The van der Waals surface area contributed by atoms with Gasteiger partial charge < -0.3 is 0 Å². The molecule has 2 nitrogen and oxygen atoms in total. The summed E-state index contributed by atoms with van der Waals surface area (Å²) in [6.07, 6.45) is -1.40. The van der Waals surface area contributed by atoms with Gasteiger partial charge in [0, 0.05) is 0 Å². The minimum absolute atomic E-state index is 0.322. The van der Waals surface area contributed by atoms with E-state index in [0.717, 1.165) is 6.20 Å². The van der Waals surface area contributed by atoms with Gasteiger partial charge in [0.25, 0.3) is 0 Å². The highest BCUT2D eigenvalue weighted by atomic mass is 19.4. The lowest BCUT2D eigenvalue weighted by molar-refractivity contribution is -0.141. The van der Waals surface area contributed by atoms with E-state index in [1.165, 1.54) is 6.08 Å². The Morgan fingerprint density at radius 2 is 1.92 bits per heavy atom. The average Bonchev–Trinajstić information content (AvgIpc) is 2.03. The molecule has 64 valence electrons. The third-order valence-corrected chi connectivity index (χ3v) is 1.17. The highest BCUT2D eigenvalue weighted by Crippen LogP contribution is 2.26. The Kier molecular flexibility index (Phi) is 2.12. The molecule has 0 aliphatic rings. The maximum Gasteiger partial charge on any atom is 0.434 e. The van der Waals surface area contributed by atoms with Crippen LogP contribution in [0.2, 0.25) is 0 Å². The van der Waals surface area contributed by atoms with Crippen molar-refractivity contribution in [3.63, 3.8) is 0 Å². The fourth-order valence-electron chi connectivity index (χ4n) is 0.590. The summed E-state index contributed by atoms with van der Waals surface area (Å²) >= 11 is 0. The zero-order valence-corrected chi connectivity index (χ0v) is 5.97. The van der Waals surface area contributed by atoms with Crippen LogP contribution in [-0.2, 0) is 6.18 Å². The Hall–Kier alpha value is -1.39. The molecule has 5 heteroatoms. The molecule has 0 atom stereocenters. The van der Waals surface area contributed by atoms with Gasteiger partial charge in [-0.15, -0.1) is 0 Å². The predicted octanol–water partition coefficient (Wildman–Crippen LogP) is 2.14. The Bertz CT molecular complexity index is 276. The van der Waals surface area contributed by atoms with E-state index in [-0.39, 0.29) is 0 Å². The number of hydrogen-bond acceptors (Lipinski definition) is 2. The summed E-state index contributed by atoms with van der Waals surface area (Å²) in [5, 5.41) is 0. The van der Waals surface area contributed by atoms with Crippen LogP contribution in [0.25, 0.3) is 6.08 Å². The molecule has 12 heavy (non-hydrogen) atoms. The maximum atomic E-state index is 11.9. The van der Waals surface area contributed by atoms with Crippen molar-refractivity contribution in [2.45, 2.75) is 6.18 Å². The van der Waals surface area contributed by atoms with Crippen molar-refractivity contribution in [1.29, 1.82) is 0 Å². The summed E-state index contributed by atoms with van der Waals surface area (Å²) in [5.74, 6) is 0. The van der Waals surface area contributed by atoms with Crippen LogP contribution in [0.15, 0.2) is 19.0 Å². The van der Waals surface area contributed by atoms with Gasteiger partial charge in [0.2, 0.25) is 0 Å². The van der Waals surface area contributed by atoms with Gasteiger partial charge in [-0.05, 0) is 6.08 Å². The number of nitrogens with zero attached hydrogens (tertiary/aromatic N) is 2. The lowest BCUT2D eigenvalue weighted by atomic mass is 10.4. The van der Waals surface area contributed by atoms with E-state index >= 15 is 0 Å². The van der Waals surface area contributed by atoms with Gasteiger partial charge in [-0.1, -0.05) is 6.58 Å². The van der Waals surface area contributed by atoms with Gasteiger partial charge in [-0.25, -0.2) is 4.98 Å². The molecular formula is C7H5F3N2. The third kappa shape index (κ3) is 1.81. The smallest absolute Gasteiger partial charge is 0.253 e. The van der Waals surface area contributed by atoms with Crippen molar-refractivity contribution in [2.75, 3.05) is 0 Å². The molecule has 1 heterocycles. The van der Waals surface area contributed by atoms with E-state index in [9.17, 15) is 13.2 Å². The average molecular weight is 174 g/mol. The highest BCUT2D eigenvalue weighted by molar-refractivity contribution is 5.39. The topological polar surface area (TPSA) is 25.8 Å². The SMILES string of the molecule is C=Cc1cnc(C(F)(F)F)cn1. The summed E-state index contributed by atoms with van der Waals surface area (Å²) in [5.41, 5.74) is -0.670. The molecule has 0 aliphatic heterocycles. The molecule has 0 amide bonds. The Balaban J connectivity index is 3.00. The van der Waals surface area contributed by atoms with Crippen molar-refractivity contribution >= 4 is 6.08 Å². The molecule has 1 rings (SSSR count). The lowest BCUT2D eigenvalue weighted by Crippen LogP contribution is -2.08. The zero-order chi connectivity index (χ0) is 9.19. The highest BCUT2D eigenvalue weighted by Gasteiger charge is 2.32. The van der Waals surface area contributed by atoms with Crippen LogP contribution in [0, 0.1) is 0 Å². The largest absolute Gasteiger partial charge is 0.434 e. The van der Waals surface area contributed by atoms with E-state index in [1.807, 2.05) is 0 Å². The minimum Gasteiger partial charge on any atom is -0.253 e. The minimum atomic E-state index is -4.42. The van der Waals surface area contributed by atoms with E-state index in [0.29, 0.717) is 11.9 Å². The van der Waals surface area contributed by atoms with Gasteiger partial charge in [0.1, 0.15) is 0 Å². The van der Waals surface area contributed by atoms with Crippen molar-refractivity contribution in [1.82, 2.24) is 9.97 Å². The predicted molar refractivity (Wildman–Crippen MR) is 37.1 cm³/mol. The fraction of sp³-hybridized carbons (Fsp3) is 0.143. The van der Waals surface area contributed by atoms with Crippen LogP contribution in [-0.4, -0.2) is 9.97 Å². The Labute approximate surface area is 66.8 Å². The first-order chi connectivity index (χ1) is 5.54. The van der Waals surface area contributed by atoms with Crippen molar-refractivity contribution in [3.8, 4) is 0 Å². The second kappa shape index (κ2) is 2.92. The number of hydrogen-bond donors (Lipinski definition) is 0. The summed E-state index contributed by atoms with van der Waals surface area (Å²) in [7, 11) is 0. The molecule has 0 unspecified atom stereocenters. The second-order valence-corrected chi connectivity index (χ2v) is 2.03. The molecule has 0 fully saturated rings. The molecular weight excluding hydrogens is 169 g/mol. The number of aromatic nitrogens is 2. The van der Waals surface area contributed by atoms with Crippen molar-refractivity contribution in [2.24, 2.45) is 0 Å². The number of halogens is 3. The summed E-state index contributed by atoms with van der Waals surface area (Å²) in [6, 6.07) is 0. The standard InChI is InChI=1S/C7H5F3N2/c1-2-5-3-12-6(4-11-5)7(8,9)10/h2-4H,1H2. The fourth-order valence-corrected chi connectivity index (χ4v) is 0.590. The van der Waals surface area contributed by atoms with E-state index in [1.54, 1.807) is 0 Å². The third-order valence-electron chi connectivity index (χ3n) is 1.17. The Morgan fingerprint density at radius 3 is 2.25 bits per heavy atom.